The van der Waals surface area contributed by atoms with Crippen molar-refractivity contribution in [3.05, 3.63) is 72.6 Å². The molecule has 0 aliphatic heterocycles. The second kappa shape index (κ2) is 10.6. The van der Waals surface area contributed by atoms with Gasteiger partial charge in [0.25, 0.3) is 10.0 Å². The first-order valence-electron chi connectivity index (χ1n) is 9.51. The normalized spacial score (nSPS) is 12.3. The van der Waals surface area contributed by atoms with Gasteiger partial charge in [-0.05, 0) is 42.8 Å². The van der Waals surface area contributed by atoms with Gasteiger partial charge in [-0.1, -0.05) is 30.3 Å². The molecule has 30 heavy (non-hydrogen) atoms. The van der Waals surface area contributed by atoms with E-state index in [4.69, 9.17) is 4.74 Å². The summed E-state index contributed by atoms with van der Waals surface area (Å²) in [7, 11) is -3.59. The quantitative estimate of drug-likeness (QED) is 0.301. The van der Waals surface area contributed by atoms with E-state index in [0.29, 0.717) is 24.5 Å². The number of H-pyrrole nitrogens is 1. The van der Waals surface area contributed by atoms with Gasteiger partial charge in [-0.25, -0.2) is 8.42 Å². The summed E-state index contributed by atoms with van der Waals surface area (Å²) in [5.41, 5.74) is 1.57. The number of ether oxygens (including phenoxy) is 1. The van der Waals surface area contributed by atoms with E-state index in [-0.39, 0.29) is 17.4 Å². The Kier molecular flexibility index (Phi) is 7.58. The predicted octanol–water partition coefficient (Wildman–Crippen LogP) is 2.24. The highest BCUT2D eigenvalue weighted by atomic mass is 32.2. The first-order chi connectivity index (χ1) is 14.6. The first-order valence-corrected chi connectivity index (χ1v) is 11.0. The standard InChI is InChI=1S/C21H24N4O4S/c26-15-18(16-29-20-13-23-24-14-20)12-22-11-10-17-6-8-19(9-7-17)25-30(27,28)21-4-2-1-3-5-21/h1-9,13-15,18,22,25H,10-12,16H2,(H,23,24)/t18-/m1/s1. The fourth-order valence-electron chi connectivity index (χ4n) is 2.74. The molecule has 2 aromatic carbocycles. The van der Waals surface area contributed by atoms with Crippen LogP contribution in [0.1, 0.15) is 5.56 Å². The molecule has 3 rings (SSSR count). The van der Waals surface area contributed by atoms with E-state index in [9.17, 15) is 13.2 Å². The van der Waals surface area contributed by atoms with Crippen molar-refractivity contribution in [3.8, 4) is 5.75 Å². The second-order valence-electron chi connectivity index (χ2n) is 6.71. The molecule has 0 unspecified atom stereocenters. The Morgan fingerprint density at radius 2 is 1.87 bits per heavy atom. The molecule has 158 valence electrons. The lowest BCUT2D eigenvalue weighted by atomic mass is 10.1. The summed E-state index contributed by atoms with van der Waals surface area (Å²) in [6.45, 7) is 1.48. The van der Waals surface area contributed by atoms with E-state index in [1.54, 1.807) is 54.9 Å². The number of sulfonamides is 1. The van der Waals surface area contributed by atoms with Gasteiger partial charge in [-0.2, -0.15) is 5.10 Å². The third-order valence-corrected chi connectivity index (χ3v) is 5.78. The molecule has 1 heterocycles. The monoisotopic (exact) mass is 428 g/mol. The van der Waals surface area contributed by atoms with Crippen LogP contribution in [0.15, 0.2) is 71.9 Å². The number of nitrogens with one attached hydrogen (secondary N) is 3. The minimum atomic E-state index is -3.59. The van der Waals surface area contributed by atoms with Gasteiger partial charge in [0.05, 0.1) is 29.8 Å². The van der Waals surface area contributed by atoms with Crippen LogP contribution in [0.3, 0.4) is 0 Å². The molecule has 0 fully saturated rings. The van der Waals surface area contributed by atoms with E-state index in [1.165, 1.54) is 0 Å². The second-order valence-corrected chi connectivity index (χ2v) is 8.39. The average Bonchev–Trinajstić information content (AvgIpc) is 3.28. The van der Waals surface area contributed by atoms with Crippen LogP contribution in [-0.2, 0) is 21.2 Å². The molecule has 0 saturated carbocycles. The first kappa shape index (κ1) is 21.5. The Morgan fingerprint density at radius 1 is 1.10 bits per heavy atom. The average molecular weight is 429 g/mol. The summed E-state index contributed by atoms with van der Waals surface area (Å²) in [6.07, 6.45) is 4.80. The van der Waals surface area contributed by atoms with Crippen LogP contribution >= 0.6 is 0 Å². The SMILES string of the molecule is O=C[C@@H](CNCCc1ccc(NS(=O)(=O)c2ccccc2)cc1)COc1cn[nH]c1. The third kappa shape index (κ3) is 6.43. The number of nitrogens with zero attached hydrogens (tertiary/aromatic N) is 1. The molecule has 3 aromatic rings. The van der Waals surface area contributed by atoms with E-state index in [0.717, 1.165) is 18.3 Å². The van der Waals surface area contributed by atoms with E-state index in [1.807, 2.05) is 12.1 Å². The largest absolute Gasteiger partial charge is 0.490 e. The Labute approximate surface area is 175 Å². The number of anilines is 1. The molecule has 1 aromatic heterocycles. The number of hydrogen-bond acceptors (Lipinski definition) is 6. The van der Waals surface area contributed by atoms with E-state index < -0.39 is 10.0 Å². The van der Waals surface area contributed by atoms with Gasteiger partial charge in [0.15, 0.2) is 5.75 Å². The summed E-state index contributed by atoms with van der Waals surface area (Å²) in [5.74, 6) is 0.347. The van der Waals surface area contributed by atoms with Crippen LogP contribution in [-0.4, -0.2) is 44.6 Å². The Hall–Kier alpha value is -3.17. The minimum Gasteiger partial charge on any atom is -0.490 e. The van der Waals surface area contributed by atoms with Crippen molar-refractivity contribution in [2.45, 2.75) is 11.3 Å². The molecular formula is C21H24N4O4S. The lowest BCUT2D eigenvalue weighted by Gasteiger charge is -2.12. The van der Waals surface area contributed by atoms with Gasteiger partial charge in [0.2, 0.25) is 0 Å². The Balaban J connectivity index is 1.41. The van der Waals surface area contributed by atoms with Gasteiger partial charge < -0.3 is 14.8 Å². The fourth-order valence-corrected chi connectivity index (χ4v) is 3.82. The van der Waals surface area contributed by atoms with Gasteiger partial charge in [0, 0.05) is 12.2 Å². The topological polar surface area (TPSA) is 113 Å². The van der Waals surface area contributed by atoms with Gasteiger partial charge >= 0.3 is 0 Å². The lowest BCUT2D eigenvalue weighted by molar-refractivity contribution is -0.111. The Bertz CT molecular complexity index is 1010. The molecule has 9 heteroatoms. The molecule has 0 amide bonds. The van der Waals surface area contributed by atoms with Crippen molar-refractivity contribution < 1.29 is 17.9 Å². The molecule has 0 bridgehead atoms. The summed E-state index contributed by atoms with van der Waals surface area (Å²) in [5, 5.41) is 9.68. The van der Waals surface area contributed by atoms with Gasteiger partial charge in [0.1, 0.15) is 6.29 Å². The van der Waals surface area contributed by atoms with E-state index >= 15 is 0 Å². The molecule has 3 N–H and O–H groups in total. The van der Waals surface area contributed by atoms with Gasteiger partial charge in [-0.15, -0.1) is 0 Å². The number of aromatic nitrogens is 2. The van der Waals surface area contributed by atoms with Crippen LogP contribution in [0.4, 0.5) is 5.69 Å². The highest BCUT2D eigenvalue weighted by molar-refractivity contribution is 7.92. The Morgan fingerprint density at radius 3 is 2.53 bits per heavy atom. The van der Waals surface area contributed by atoms with Crippen LogP contribution in [0, 0.1) is 5.92 Å². The van der Waals surface area contributed by atoms with Crippen LogP contribution in [0.5, 0.6) is 5.75 Å². The van der Waals surface area contributed by atoms with Crippen molar-refractivity contribution in [2.24, 2.45) is 5.92 Å². The molecule has 0 saturated heterocycles. The number of carbonyl (C=O) groups is 1. The molecule has 0 radical (unpaired) electrons. The summed E-state index contributed by atoms with van der Waals surface area (Å²) in [6, 6.07) is 15.5. The highest BCUT2D eigenvalue weighted by Gasteiger charge is 2.13. The third-order valence-electron chi connectivity index (χ3n) is 4.39. The van der Waals surface area contributed by atoms with Crippen molar-refractivity contribution in [1.82, 2.24) is 15.5 Å². The minimum absolute atomic E-state index is 0.222. The van der Waals surface area contributed by atoms with Crippen molar-refractivity contribution in [1.29, 1.82) is 0 Å². The zero-order chi connectivity index (χ0) is 21.2. The number of aldehydes is 1. The number of aromatic amines is 1. The number of carbonyl (C=O) groups excluding carboxylic acids is 1. The molecule has 1 atom stereocenters. The molecule has 0 aliphatic carbocycles. The molecule has 0 spiro atoms. The van der Waals surface area contributed by atoms with Crippen molar-refractivity contribution >= 4 is 22.0 Å². The zero-order valence-electron chi connectivity index (χ0n) is 16.3. The van der Waals surface area contributed by atoms with Crippen LogP contribution in [0.25, 0.3) is 0 Å². The maximum atomic E-state index is 12.4. The smallest absolute Gasteiger partial charge is 0.261 e. The molecule has 8 nitrogen and oxygen atoms in total. The summed E-state index contributed by atoms with van der Waals surface area (Å²) < 4.78 is 32.8. The van der Waals surface area contributed by atoms with Crippen LogP contribution < -0.4 is 14.8 Å². The van der Waals surface area contributed by atoms with Gasteiger partial charge in [-0.3, -0.25) is 9.82 Å². The molecule has 0 aliphatic rings. The van der Waals surface area contributed by atoms with Crippen molar-refractivity contribution in [3.63, 3.8) is 0 Å². The maximum Gasteiger partial charge on any atom is 0.261 e. The lowest BCUT2D eigenvalue weighted by Crippen LogP contribution is -2.29. The fraction of sp³-hybridized carbons (Fsp3) is 0.238. The number of rotatable bonds is 12. The van der Waals surface area contributed by atoms with Crippen molar-refractivity contribution in [2.75, 3.05) is 24.4 Å². The van der Waals surface area contributed by atoms with Crippen LogP contribution in [0.2, 0.25) is 0 Å². The number of benzene rings is 2. The summed E-state index contributed by atoms with van der Waals surface area (Å²) >= 11 is 0. The molecular weight excluding hydrogens is 404 g/mol. The zero-order valence-corrected chi connectivity index (χ0v) is 17.1. The highest BCUT2D eigenvalue weighted by Crippen LogP contribution is 2.16. The summed E-state index contributed by atoms with van der Waals surface area (Å²) in [4.78, 5) is 11.4. The predicted molar refractivity (Wildman–Crippen MR) is 114 cm³/mol. The maximum absolute atomic E-state index is 12.4. The van der Waals surface area contributed by atoms with E-state index in [2.05, 4.69) is 20.2 Å². The number of hydrogen-bond donors (Lipinski definition) is 3.